The maximum atomic E-state index is 12.9. The van der Waals surface area contributed by atoms with Crippen molar-refractivity contribution in [1.82, 2.24) is 0 Å². The largest absolute Gasteiger partial charge is 0.204 e. The molecule has 0 atom stereocenters. The molecule has 2 rings (SSSR count). The Morgan fingerprint density at radius 3 is 2.50 bits per heavy atom. The molecule has 0 spiro atoms. The van der Waals surface area contributed by atoms with Gasteiger partial charge >= 0.3 is 0 Å². The Balaban J connectivity index is 2.32. The first-order valence-electron chi connectivity index (χ1n) is 4.92. The second kappa shape index (κ2) is 3.91. The first-order valence-corrected chi connectivity index (χ1v) is 4.92. The van der Waals surface area contributed by atoms with Gasteiger partial charge in [-0.3, -0.25) is 0 Å². The molecule has 0 amide bonds. The van der Waals surface area contributed by atoms with Gasteiger partial charge in [0.25, 0.3) is 0 Å². The lowest BCUT2D eigenvalue weighted by molar-refractivity contribution is 0.508. The van der Waals surface area contributed by atoms with E-state index in [-0.39, 0.29) is 0 Å². The van der Waals surface area contributed by atoms with E-state index < -0.39 is 11.6 Å². The summed E-state index contributed by atoms with van der Waals surface area (Å²) < 4.78 is 25.6. The fraction of sp³-hybridized carbons (Fsp3) is 0.333. The zero-order chi connectivity index (χ0) is 9.97. The molecule has 0 saturated carbocycles. The second-order valence-corrected chi connectivity index (χ2v) is 3.60. The lowest BCUT2D eigenvalue weighted by Crippen LogP contribution is -1.93. The van der Waals surface area contributed by atoms with Gasteiger partial charge in [-0.05, 0) is 49.0 Å². The van der Waals surface area contributed by atoms with Gasteiger partial charge in [0.15, 0.2) is 11.6 Å². The van der Waals surface area contributed by atoms with Crippen LogP contribution in [0.1, 0.15) is 31.2 Å². The van der Waals surface area contributed by atoms with Crippen LogP contribution in [-0.4, -0.2) is 0 Å². The van der Waals surface area contributed by atoms with E-state index in [1.807, 2.05) is 0 Å². The molecule has 0 unspecified atom stereocenters. The maximum absolute atomic E-state index is 12.9. The van der Waals surface area contributed by atoms with Crippen LogP contribution in [0.3, 0.4) is 0 Å². The molecule has 0 aromatic heterocycles. The van der Waals surface area contributed by atoms with E-state index in [4.69, 9.17) is 0 Å². The number of benzene rings is 1. The fourth-order valence-electron chi connectivity index (χ4n) is 1.80. The SMILES string of the molecule is Fc1ccc(C2=CCCCC2)cc1F. The van der Waals surface area contributed by atoms with E-state index >= 15 is 0 Å². The molecule has 1 aromatic rings. The summed E-state index contributed by atoms with van der Waals surface area (Å²) in [4.78, 5) is 0. The summed E-state index contributed by atoms with van der Waals surface area (Å²) in [5.41, 5.74) is 1.97. The Hall–Kier alpha value is -1.18. The Bertz CT molecular complexity index is 367. The predicted molar refractivity (Wildman–Crippen MR) is 52.8 cm³/mol. The van der Waals surface area contributed by atoms with Gasteiger partial charge in [0.1, 0.15) is 0 Å². The van der Waals surface area contributed by atoms with Crippen molar-refractivity contribution in [2.45, 2.75) is 25.7 Å². The van der Waals surface area contributed by atoms with Gasteiger partial charge in [0.05, 0.1) is 0 Å². The van der Waals surface area contributed by atoms with Gasteiger partial charge in [-0.1, -0.05) is 12.1 Å². The summed E-state index contributed by atoms with van der Waals surface area (Å²) in [7, 11) is 0. The molecule has 1 aliphatic carbocycles. The summed E-state index contributed by atoms with van der Waals surface area (Å²) in [6.45, 7) is 0. The van der Waals surface area contributed by atoms with Gasteiger partial charge in [0, 0.05) is 0 Å². The molecule has 74 valence electrons. The van der Waals surface area contributed by atoms with Crippen LogP contribution in [0.5, 0.6) is 0 Å². The van der Waals surface area contributed by atoms with Gasteiger partial charge in [-0.25, -0.2) is 8.78 Å². The minimum absolute atomic E-state index is 0.756. The van der Waals surface area contributed by atoms with Crippen LogP contribution < -0.4 is 0 Å². The molecule has 0 heterocycles. The van der Waals surface area contributed by atoms with Crippen molar-refractivity contribution in [2.75, 3.05) is 0 Å². The molecule has 0 radical (unpaired) electrons. The molecule has 0 saturated heterocycles. The molecular formula is C12H12F2. The summed E-state index contributed by atoms with van der Waals surface area (Å²) >= 11 is 0. The van der Waals surface area contributed by atoms with Crippen molar-refractivity contribution in [3.8, 4) is 0 Å². The van der Waals surface area contributed by atoms with Crippen LogP contribution in [0, 0.1) is 11.6 Å². The molecule has 1 aliphatic rings. The van der Waals surface area contributed by atoms with E-state index in [1.54, 1.807) is 6.07 Å². The van der Waals surface area contributed by atoms with Crippen molar-refractivity contribution in [1.29, 1.82) is 0 Å². The van der Waals surface area contributed by atoms with Crippen molar-refractivity contribution in [3.05, 3.63) is 41.5 Å². The van der Waals surface area contributed by atoms with Crippen LogP contribution in [0.2, 0.25) is 0 Å². The zero-order valence-corrected chi connectivity index (χ0v) is 7.89. The van der Waals surface area contributed by atoms with Gasteiger partial charge < -0.3 is 0 Å². The predicted octanol–water partition coefficient (Wildman–Crippen LogP) is 3.92. The third-order valence-corrected chi connectivity index (χ3v) is 2.58. The highest BCUT2D eigenvalue weighted by Gasteiger charge is 2.08. The number of hydrogen-bond acceptors (Lipinski definition) is 0. The van der Waals surface area contributed by atoms with E-state index in [0.29, 0.717) is 0 Å². The third-order valence-electron chi connectivity index (χ3n) is 2.58. The number of allylic oxidation sites excluding steroid dienone is 2. The zero-order valence-electron chi connectivity index (χ0n) is 7.89. The molecule has 2 heteroatoms. The number of halogens is 2. The summed E-state index contributed by atoms with van der Waals surface area (Å²) in [6, 6.07) is 4.13. The first-order chi connectivity index (χ1) is 6.77. The minimum Gasteiger partial charge on any atom is -0.204 e. The van der Waals surface area contributed by atoms with E-state index in [2.05, 4.69) is 6.08 Å². The summed E-state index contributed by atoms with van der Waals surface area (Å²) in [5.74, 6) is -1.53. The highest BCUT2D eigenvalue weighted by Crippen LogP contribution is 2.27. The van der Waals surface area contributed by atoms with Crippen LogP contribution in [-0.2, 0) is 0 Å². The van der Waals surface area contributed by atoms with Crippen molar-refractivity contribution in [2.24, 2.45) is 0 Å². The molecule has 0 bridgehead atoms. The molecule has 1 aromatic carbocycles. The fourth-order valence-corrected chi connectivity index (χ4v) is 1.80. The Morgan fingerprint density at radius 2 is 1.86 bits per heavy atom. The lowest BCUT2D eigenvalue weighted by atomic mass is 9.94. The Labute approximate surface area is 82.3 Å². The minimum atomic E-state index is -0.773. The molecular weight excluding hydrogens is 182 g/mol. The number of rotatable bonds is 1. The van der Waals surface area contributed by atoms with Crippen molar-refractivity contribution in [3.63, 3.8) is 0 Å². The molecule has 0 aliphatic heterocycles. The van der Waals surface area contributed by atoms with Crippen LogP contribution in [0.25, 0.3) is 5.57 Å². The number of hydrogen-bond donors (Lipinski definition) is 0. The van der Waals surface area contributed by atoms with Gasteiger partial charge in [-0.2, -0.15) is 0 Å². The van der Waals surface area contributed by atoms with E-state index in [9.17, 15) is 8.78 Å². The first kappa shape index (κ1) is 9.38. The van der Waals surface area contributed by atoms with Crippen molar-refractivity contribution >= 4 is 5.57 Å². The van der Waals surface area contributed by atoms with Crippen molar-refractivity contribution < 1.29 is 8.78 Å². The second-order valence-electron chi connectivity index (χ2n) is 3.60. The molecule has 0 fully saturated rings. The lowest BCUT2D eigenvalue weighted by Gasteiger charge is -2.12. The molecule has 14 heavy (non-hydrogen) atoms. The normalized spacial score (nSPS) is 16.6. The van der Waals surface area contributed by atoms with Crippen LogP contribution >= 0.6 is 0 Å². The smallest absolute Gasteiger partial charge is 0.159 e. The van der Waals surface area contributed by atoms with Crippen LogP contribution in [0.4, 0.5) is 8.78 Å². The Morgan fingerprint density at radius 1 is 1.00 bits per heavy atom. The van der Waals surface area contributed by atoms with E-state index in [0.717, 1.165) is 30.4 Å². The highest BCUT2D eigenvalue weighted by atomic mass is 19.2. The van der Waals surface area contributed by atoms with E-state index in [1.165, 1.54) is 18.6 Å². The standard InChI is InChI=1S/C12H12F2/c13-11-7-6-10(8-12(11)14)9-4-2-1-3-5-9/h4,6-8H,1-3,5H2. The quantitative estimate of drug-likeness (QED) is 0.635. The highest BCUT2D eigenvalue weighted by molar-refractivity contribution is 5.66. The average molecular weight is 194 g/mol. The third kappa shape index (κ3) is 1.84. The summed E-state index contributed by atoms with van der Waals surface area (Å²) in [5, 5.41) is 0. The molecule has 0 nitrogen and oxygen atoms in total. The molecule has 0 N–H and O–H groups in total. The van der Waals surface area contributed by atoms with Gasteiger partial charge in [0.2, 0.25) is 0 Å². The maximum Gasteiger partial charge on any atom is 0.159 e. The van der Waals surface area contributed by atoms with Gasteiger partial charge in [-0.15, -0.1) is 0 Å². The monoisotopic (exact) mass is 194 g/mol. The van der Waals surface area contributed by atoms with Crippen LogP contribution in [0.15, 0.2) is 24.3 Å². The topological polar surface area (TPSA) is 0 Å². The average Bonchev–Trinajstić information content (AvgIpc) is 2.23. The summed E-state index contributed by atoms with van der Waals surface area (Å²) in [6.07, 6.45) is 6.49. The Kier molecular flexibility index (Phi) is 2.62.